The van der Waals surface area contributed by atoms with E-state index in [2.05, 4.69) is 44.0 Å². The third-order valence-corrected chi connectivity index (χ3v) is 11.1. The van der Waals surface area contributed by atoms with E-state index in [0.29, 0.717) is 18.1 Å². The zero-order valence-corrected chi connectivity index (χ0v) is 31.9. The first-order valence-electron chi connectivity index (χ1n) is 17.3. The fraction of sp³-hybridized carbons (Fsp3) is 0.436. The predicted octanol–water partition coefficient (Wildman–Crippen LogP) is 5.89. The number of hydrogen-bond donors (Lipinski definition) is 1. The van der Waals surface area contributed by atoms with Crippen LogP contribution in [-0.4, -0.2) is 86.0 Å². The molecular weight excluding hydrogens is 685 g/mol. The molecule has 1 aromatic heterocycles. The summed E-state index contributed by atoms with van der Waals surface area (Å²) in [7, 11) is 3.59. The van der Waals surface area contributed by atoms with E-state index in [0.717, 1.165) is 16.7 Å². The Bertz CT molecular complexity index is 1760. The second kappa shape index (κ2) is 17.8. The molecule has 0 amide bonds. The number of H-pyrrole nitrogens is 1. The summed E-state index contributed by atoms with van der Waals surface area (Å²) < 4.78 is 47.8. The molecule has 1 fully saturated rings. The number of aromatic nitrogens is 2. The first-order valence-corrected chi connectivity index (χ1v) is 19.0. The van der Waals surface area contributed by atoms with Crippen LogP contribution in [0.3, 0.4) is 0 Å². The summed E-state index contributed by atoms with van der Waals surface area (Å²) in [5.74, 6) is 1.36. The summed E-state index contributed by atoms with van der Waals surface area (Å²) in [6.45, 7) is 11.0. The SMILES string of the molecule is COCCO[C@@H]1[C@H](OP(C)N(C(C)C)C(C)C)[C@@H](OC(c2ccccc2)(c2ccc(OC)cc2)c2ccc(OC)cc2)O[C@H]1n1ccc(=O)[nH]c1=O. The van der Waals surface area contributed by atoms with Crippen LogP contribution in [0.25, 0.3) is 0 Å². The highest BCUT2D eigenvalue weighted by Gasteiger charge is 2.53. The van der Waals surface area contributed by atoms with Gasteiger partial charge in [-0.2, -0.15) is 0 Å². The van der Waals surface area contributed by atoms with Crippen molar-refractivity contribution in [2.45, 2.75) is 70.1 Å². The number of rotatable bonds is 17. The van der Waals surface area contributed by atoms with Gasteiger partial charge in [0.1, 0.15) is 37.6 Å². The molecule has 0 radical (unpaired) electrons. The van der Waals surface area contributed by atoms with Crippen LogP contribution >= 0.6 is 8.30 Å². The van der Waals surface area contributed by atoms with Crippen LogP contribution in [-0.2, 0) is 29.1 Å². The zero-order chi connectivity index (χ0) is 37.4. The molecule has 3 aromatic carbocycles. The third-order valence-electron chi connectivity index (χ3n) is 8.99. The lowest BCUT2D eigenvalue weighted by atomic mass is 9.80. The molecule has 1 N–H and O–H groups in total. The lowest BCUT2D eigenvalue weighted by Crippen LogP contribution is -2.45. The van der Waals surface area contributed by atoms with E-state index in [1.807, 2.05) is 78.9 Å². The maximum Gasteiger partial charge on any atom is 0.330 e. The number of aromatic amines is 1. The van der Waals surface area contributed by atoms with Crippen molar-refractivity contribution in [2.24, 2.45) is 0 Å². The molecule has 5 atom stereocenters. The highest BCUT2D eigenvalue weighted by atomic mass is 31.2. The molecular formula is C39H50N3O9P. The molecule has 1 aliphatic rings. The Morgan fingerprint density at radius 1 is 0.788 bits per heavy atom. The molecule has 280 valence electrons. The lowest BCUT2D eigenvalue weighted by molar-refractivity contribution is -0.213. The van der Waals surface area contributed by atoms with E-state index in [1.165, 1.54) is 16.8 Å². The van der Waals surface area contributed by atoms with E-state index in [-0.39, 0.29) is 18.7 Å². The molecule has 2 heterocycles. The van der Waals surface area contributed by atoms with Gasteiger partial charge in [-0.25, -0.2) is 4.79 Å². The fourth-order valence-electron chi connectivity index (χ4n) is 6.79. The Kier molecular flexibility index (Phi) is 13.4. The van der Waals surface area contributed by atoms with Crippen molar-refractivity contribution in [3.63, 3.8) is 0 Å². The summed E-state index contributed by atoms with van der Waals surface area (Å²) in [6.07, 6.45) is -2.44. The third kappa shape index (κ3) is 8.50. The van der Waals surface area contributed by atoms with Crippen molar-refractivity contribution in [1.82, 2.24) is 14.2 Å². The van der Waals surface area contributed by atoms with Crippen molar-refractivity contribution in [3.05, 3.63) is 129 Å². The van der Waals surface area contributed by atoms with E-state index in [9.17, 15) is 9.59 Å². The van der Waals surface area contributed by atoms with Crippen LogP contribution in [0.2, 0.25) is 0 Å². The van der Waals surface area contributed by atoms with Gasteiger partial charge < -0.3 is 32.9 Å². The normalized spacial score (nSPS) is 19.8. The number of hydrogen-bond acceptors (Lipinski definition) is 10. The summed E-state index contributed by atoms with van der Waals surface area (Å²) >= 11 is 0. The molecule has 0 aliphatic carbocycles. The van der Waals surface area contributed by atoms with Gasteiger partial charge in [0.05, 0.1) is 27.4 Å². The highest BCUT2D eigenvalue weighted by Crippen LogP contribution is 2.50. The van der Waals surface area contributed by atoms with Crippen molar-refractivity contribution < 1.29 is 32.9 Å². The van der Waals surface area contributed by atoms with Crippen LogP contribution < -0.4 is 20.7 Å². The van der Waals surface area contributed by atoms with E-state index < -0.39 is 49.9 Å². The minimum Gasteiger partial charge on any atom is -0.497 e. The van der Waals surface area contributed by atoms with Gasteiger partial charge in [0.2, 0.25) is 0 Å². The lowest BCUT2D eigenvalue weighted by Gasteiger charge is -2.41. The average molecular weight is 736 g/mol. The quantitative estimate of drug-likeness (QED) is 0.0798. The molecule has 5 rings (SSSR count). The van der Waals surface area contributed by atoms with Crippen LogP contribution in [0.1, 0.15) is 50.6 Å². The molecule has 0 spiro atoms. The topological polar surface area (TPSA) is 123 Å². The van der Waals surface area contributed by atoms with Gasteiger partial charge in [0.15, 0.2) is 12.5 Å². The molecule has 1 saturated heterocycles. The monoisotopic (exact) mass is 735 g/mol. The van der Waals surface area contributed by atoms with E-state index in [4.69, 9.17) is 32.9 Å². The van der Waals surface area contributed by atoms with Crippen LogP contribution in [0.15, 0.2) is 101 Å². The van der Waals surface area contributed by atoms with Gasteiger partial charge in [-0.3, -0.25) is 19.0 Å². The first-order chi connectivity index (χ1) is 25.0. The summed E-state index contributed by atoms with van der Waals surface area (Å²) in [4.78, 5) is 27.8. The molecule has 4 aromatic rings. The number of nitrogens with zero attached hydrogens (tertiary/aromatic N) is 2. The summed E-state index contributed by atoms with van der Waals surface area (Å²) in [5, 5.41) is 0. The highest BCUT2D eigenvalue weighted by molar-refractivity contribution is 7.49. The van der Waals surface area contributed by atoms with Gasteiger partial charge in [-0.15, -0.1) is 0 Å². The van der Waals surface area contributed by atoms with Crippen LogP contribution in [0.4, 0.5) is 0 Å². The Hall–Kier alpha value is -3.87. The standard InChI is InChI=1S/C39H50N3O9P/c1-26(2)42(27(3)4)52(8)51-35-34(48-25-24-45-5)36(41-23-22-33(43)40-38(41)44)49-37(35)50-39(28-12-10-9-11-13-28,29-14-18-31(46-6)19-15-29)30-16-20-32(47-7)21-17-30/h9-23,26-27,34-37H,24-25H2,1-8H3,(H,40,43,44)/t34-,35+,36-,37-,52?/m1/s1. The van der Waals surface area contributed by atoms with Crippen LogP contribution in [0.5, 0.6) is 11.5 Å². The average Bonchev–Trinajstić information content (AvgIpc) is 3.46. The Labute approximate surface area is 306 Å². The molecule has 1 unspecified atom stereocenters. The van der Waals surface area contributed by atoms with Gasteiger partial charge in [-0.1, -0.05) is 54.6 Å². The van der Waals surface area contributed by atoms with E-state index in [1.54, 1.807) is 21.3 Å². The molecule has 0 saturated carbocycles. The minimum atomic E-state index is -1.28. The fourth-order valence-corrected chi connectivity index (χ4v) is 8.77. The second-order valence-electron chi connectivity index (χ2n) is 13.0. The summed E-state index contributed by atoms with van der Waals surface area (Å²) in [6, 6.07) is 26.9. The maximum absolute atomic E-state index is 13.3. The molecule has 12 nitrogen and oxygen atoms in total. The van der Waals surface area contributed by atoms with Gasteiger partial charge in [0, 0.05) is 31.5 Å². The zero-order valence-electron chi connectivity index (χ0n) is 31.1. The number of methoxy groups -OCH3 is 3. The minimum absolute atomic E-state index is 0.172. The predicted molar refractivity (Wildman–Crippen MR) is 200 cm³/mol. The molecule has 0 bridgehead atoms. The smallest absolute Gasteiger partial charge is 0.330 e. The maximum atomic E-state index is 13.3. The number of ether oxygens (including phenoxy) is 6. The van der Waals surface area contributed by atoms with Crippen molar-refractivity contribution >= 4 is 8.30 Å². The van der Waals surface area contributed by atoms with Crippen LogP contribution in [0, 0.1) is 0 Å². The molecule has 13 heteroatoms. The van der Waals surface area contributed by atoms with Crippen molar-refractivity contribution in [2.75, 3.05) is 41.2 Å². The number of nitrogens with one attached hydrogen (secondary N) is 1. The molecule has 52 heavy (non-hydrogen) atoms. The largest absolute Gasteiger partial charge is 0.497 e. The Morgan fingerprint density at radius 3 is 1.85 bits per heavy atom. The van der Waals surface area contributed by atoms with E-state index >= 15 is 0 Å². The second-order valence-corrected chi connectivity index (χ2v) is 14.6. The molecule has 1 aliphatic heterocycles. The summed E-state index contributed by atoms with van der Waals surface area (Å²) in [5.41, 5.74) is -0.0576. The van der Waals surface area contributed by atoms with Crippen molar-refractivity contribution in [1.29, 1.82) is 0 Å². The Morgan fingerprint density at radius 2 is 1.35 bits per heavy atom. The number of benzene rings is 3. The van der Waals surface area contributed by atoms with Gasteiger partial charge in [0.25, 0.3) is 5.56 Å². The van der Waals surface area contributed by atoms with Crippen molar-refractivity contribution in [3.8, 4) is 11.5 Å². The Balaban J connectivity index is 1.74. The van der Waals surface area contributed by atoms with Gasteiger partial charge in [-0.05, 0) is 75.3 Å². The first kappa shape index (κ1) is 39.3. The van der Waals surface area contributed by atoms with Gasteiger partial charge >= 0.3 is 5.69 Å².